The molecule has 26 heavy (non-hydrogen) atoms. The third-order valence-electron chi connectivity index (χ3n) is 3.90. The van der Waals surface area contributed by atoms with Gasteiger partial charge in [-0.3, -0.25) is 4.79 Å². The first kappa shape index (κ1) is 19.9. The van der Waals surface area contributed by atoms with Gasteiger partial charge >= 0.3 is 17.9 Å². The minimum atomic E-state index is -2.07. The summed E-state index contributed by atoms with van der Waals surface area (Å²) in [6.45, 7) is 4.25. The molecule has 1 heterocycles. The van der Waals surface area contributed by atoms with Crippen molar-refractivity contribution in [2.24, 2.45) is 0 Å². The molecule has 142 valence electrons. The molecule has 0 aliphatic carbocycles. The topological polar surface area (TPSA) is 97.4 Å². The van der Waals surface area contributed by atoms with Crippen LogP contribution in [0.5, 0.6) is 0 Å². The van der Waals surface area contributed by atoms with Crippen molar-refractivity contribution in [2.45, 2.75) is 44.4 Å². The molecule has 0 aromatic heterocycles. The lowest BCUT2D eigenvalue weighted by Gasteiger charge is -2.35. The molecule has 8 heteroatoms. The maximum absolute atomic E-state index is 12.8. The van der Waals surface area contributed by atoms with E-state index in [1.807, 2.05) is 0 Å². The molecular weight excluding hydrogens is 344 g/mol. The fourth-order valence-corrected chi connectivity index (χ4v) is 2.99. The zero-order valence-corrected chi connectivity index (χ0v) is 15.3. The number of ether oxygens (including phenoxy) is 5. The molecule has 2 rings (SSSR count). The third kappa shape index (κ3) is 3.56. The van der Waals surface area contributed by atoms with E-state index in [0.717, 1.165) is 14.2 Å². The molecule has 1 aromatic rings. The van der Waals surface area contributed by atoms with Gasteiger partial charge in [0.15, 0.2) is 11.9 Å². The van der Waals surface area contributed by atoms with Gasteiger partial charge in [0.25, 0.3) is 0 Å². The molecule has 0 N–H and O–H groups in total. The van der Waals surface area contributed by atoms with E-state index in [-0.39, 0.29) is 0 Å². The Bertz CT molecular complexity index is 684. The third-order valence-corrected chi connectivity index (χ3v) is 3.90. The summed E-state index contributed by atoms with van der Waals surface area (Å²) in [4.78, 5) is 37.0. The first-order valence-corrected chi connectivity index (χ1v) is 7.94. The van der Waals surface area contributed by atoms with Crippen molar-refractivity contribution in [1.29, 1.82) is 0 Å². The Morgan fingerprint density at radius 1 is 1.08 bits per heavy atom. The molecular formula is C18H22O8. The molecule has 1 unspecified atom stereocenters. The quantitative estimate of drug-likeness (QED) is 0.572. The zero-order valence-electron chi connectivity index (χ0n) is 15.3. The monoisotopic (exact) mass is 366 g/mol. The maximum Gasteiger partial charge on any atom is 0.346 e. The van der Waals surface area contributed by atoms with E-state index in [1.54, 1.807) is 30.3 Å². The summed E-state index contributed by atoms with van der Waals surface area (Å²) < 4.78 is 26.6. The fourth-order valence-electron chi connectivity index (χ4n) is 2.99. The van der Waals surface area contributed by atoms with Gasteiger partial charge in [0, 0.05) is 6.92 Å². The first-order valence-electron chi connectivity index (χ1n) is 7.94. The van der Waals surface area contributed by atoms with Crippen LogP contribution in [0.15, 0.2) is 30.3 Å². The van der Waals surface area contributed by atoms with Gasteiger partial charge in [-0.05, 0) is 19.4 Å². The average Bonchev–Trinajstić information content (AvgIpc) is 2.91. The summed E-state index contributed by atoms with van der Waals surface area (Å²) in [6.07, 6.45) is -2.79. The Labute approximate surface area is 151 Å². The molecule has 1 aliphatic heterocycles. The average molecular weight is 366 g/mol. The second kappa shape index (κ2) is 7.43. The van der Waals surface area contributed by atoms with E-state index >= 15 is 0 Å². The van der Waals surface area contributed by atoms with Crippen LogP contribution in [0.4, 0.5) is 0 Å². The Hall–Kier alpha value is -2.45. The zero-order chi connectivity index (χ0) is 19.5. The van der Waals surface area contributed by atoms with E-state index in [9.17, 15) is 14.4 Å². The first-order chi connectivity index (χ1) is 12.2. The van der Waals surface area contributed by atoms with E-state index in [1.165, 1.54) is 20.8 Å². The van der Waals surface area contributed by atoms with Crippen LogP contribution in [-0.2, 0) is 38.1 Å². The van der Waals surface area contributed by atoms with Crippen molar-refractivity contribution in [2.75, 3.05) is 14.2 Å². The van der Waals surface area contributed by atoms with Gasteiger partial charge in [-0.2, -0.15) is 0 Å². The van der Waals surface area contributed by atoms with E-state index in [2.05, 4.69) is 0 Å². The number of carbonyl (C=O) groups is 3. The predicted octanol–water partition coefficient (Wildman–Crippen LogP) is 1.53. The molecule has 1 fully saturated rings. The highest BCUT2D eigenvalue weighted by Gasteiger charge is 2.68. The Morgan fingerprint density at radius 3 is 2.19 bits per heavy atom. The van der Waals surface area contributed by atoms with Crippen molar-refractivity contribution in [3.63, 3.8) is 0 Å². The summed E-state index contributed by atoms with van der Waals surface area (Å²) in [5.74, 6) is -3.78. The van der Waals surface area contributed by atoms with Gasteiger partial charge in [0.05, 0.1) is 14.2 Å². The molecule has 3 atom stereocenters. The molecule has 0 bridgehead atoms. The van der Waals surface area contributed by atoms with Crippen molar-refractivity contribution in [3.05, 3.63) is 35.9 Å². The van der Waals surface area contributed by atoms with E-state index in [0.29, 0.717) is 5.56 Å². The lowest BCUT2D eigenvalue weighted by Crippen LogP contribution is -2.57. The number of carbonyl (C=O) groups excluding carboxylic acids is 3. The molecule has 8 nitrogen and oxygen atoms in total. The van der Waals surface area contributed by atoms with Gasteiger partial charge in [0.2, 0.25) is 11.7 Å². The minimum Gasteiger partial charge on any atom is -0.467 e. The van der Waals surface area contributed by atoms with Gasteiger partial charge in [-0.25, -0.2) is 9.59 Å². The highest BCUT2D eigenvalue weighted by atomic mass is 16.8. The number of hydrogen-bond acceptors (Lipinski definition) is 8. The Morgan fingerprint density at radius 2 is 1.69 bits per heavy atom. The number of benzene rings is 1. The Balaban J connectivity index is 2.70. The maximum atomic E-state index is 12.8. The SMILES string of the molecule is COC(=O)[C@@H]1OC(C)(C)O[C@]1(C(=O)OC)C(OC(C)=O)c1ccccc1. The molecule has 1 saturated heterocycles. The van der Waals surface area contributed by atoms with Crippen LogP contribution in [0.2, 0.25) is 0 Å². The second-order valence-corrected chi connectivity index (χ2v) is 6.21. The number of hydrogen-bond donors (Lipinski definition) is 0. The minimum absolute atomic E-state index is 0.434. The molecule has 0 amide bonds. The summed E-state index contributed by atoms with van der Waals surface area (Å²) in [7, 11) is 2.30. The number of rotatable bonds is 5. The van der Waals surface area contributed by atoms with Gasteiger partial charge in [-0.1, -0.05) is 30.3 Å². The smallest absolute Gasteiger partial charge is 0.346 e. The largest absolute Gasteiger partial charge is 0.467 e. The molecule has 1 aliphatic rings. The molecule has 0 spiro atoms. The van der Waals surface area contributed by atoms with Gasteiger partial charge < -0.3 is 23.7 Å². The Kier molecular flexibility index (Phi) is 5.68. The predicted molar refractivity (Wildman–Crippen MR) is 87.7 cm³/mol. The van der Waals surface area contributed by atoms with Gasteiger partial charge in [-0.15, -0.1) is 0 Å². The van der Waals surface area contributed by atoms with Crippen molar-refractivity contribution < 1.29 is 38.1 Å². The highest BCUT2D eigenvalue weighted by molar-refractivity contribution is 5.91. The van der Waals surface area contributed by atoms with Crippen molar-refractivity contribution in [1.82, 2.24) is 0 Å². The molecule has 0 radical (unpaired) electrons. The fraction of sp³-hybridized carbons (Fsp3) is 0.500. The van der Waals surface area contributed by atoms with Crippen molar-refractivity contribution in [3.8, 4) is 0 Å². The van der Waals surface area contributed by atoms with Gasteiger partial charge in [0.1, 0.15) is 0 Å². The summed E-state index contributed by atoms with van der Waals surface area (Å²) >= 11 is 0. The molecule has 1 aromatic carbocycles. The van der Waals surface area contributed by atoms with Crippen LogP contribution in [0, 0.1) is 0 Å². The van der Waals surface area contributed by atoms with E-state index < -0.39 is 41.5 Å². The van der Waals surface area contributed by atoms with Crippen LogP contribution in [0.3, 0.4) is 0 Å². The number of methoxy groups -OCH3 is 2. The lowest BCUT2D eigenvalue weighted by atomic mass is 9.85. The second-order valence-electron chi connectivity index (χ2n) is 6.21. The molecule has 0 saturated carbocycles. The summed E-state index contributed by atoms with van der Waals surface area (Å²) in [5.41, 5.74) is -1.64. The van der Waals surface area contributed by atoms with Crippen LogP contribution >= 0.6 is 0 Å². The normalized spacial score (nSPS) is 25.2. The summed E-state index contributed by atoms with van der Waals surface area (Å²) in [5, 5.41) is 0. The van der Waals surface area contributed by atoms with E-state index in [4.69, 9.17) is 23.7 Å². The summed E-state index contributed by atoms with van der Waals surface area (Å²) in [6, 6.07) is 8.44. The van der Waals surface area contributed by atoms with Crippen LogP contribution in [-0.4, -0.2) is 49.6 Å². The van der Waals surface area contributed by atoms with Crippen LogP contribution < -0.4 is 0 Å². The lowest BCUT2D eigenvalue weighted by molar-refractivity contribution is -0.213. The standard InChI is InChI=1S/C18H22O8/c1-11(19)24-13(12-9-7-6-8-10-12)18(16(21)23-5)14(15(20)22-4)25-17(2,3)26-18/h6-10,13-14H,1-5H3/t13?,14-,18+/m0/s1. The number of esters is 3. The van der Waals surface area contributed by atoms with Crippen molar-refractivity contribution >= 4 is 17.9 Å². The van der Waals surface area contributed by atoms with Crippen LogP contribution in [0.25, 0.3) is 0 Å². The highest BCUT2D eigenvalue weighted by Crippen LogP contribution is 2.47. The van der Waals surface area contributed by atoms with Crippen LogP contribution in [0.1, 0.15) is 32.4 Å².